The van der Waals surface area contributed by atoms with Gasteiger partial charge in [-0.25, -0.2) is 0 Å². The standard InChI is InChI=1S/C21H23Cl2N3O3/c1-2-29-19-6-4-3-5-16(19)21(28)26-11-9-25(10-12-26)14-20(27)24-18-8-7-15(22)13-17(18)23/h3-8,13H,2,9-12,14H2,1H3,(H,24,27). The van der Waals surface area contributed by atoms with Gasteiger partial charge in [0.05, 0.1) is 29.4 Å². The Balaban J connectivity index is 1.52. The number of rotatable bonds is 6. The third kappa shape index (κ3) is 5.63. The number of hydrogen-bond acceptors (Lipinski definition) is 4. The Bertz CT molecular complexity index is 883. The number of para-hydroxylation sites is 1. The van der Waals surface area contributed by atoms with Crippen molar-refractivity contribution in [3.05, 3.63) is 58.1 Å². The van der Waals surface area contributed by atoms with E-state index < -0.39 is 0 Å². The van der Waals surface area contributed by atoms with E-state index in [1.807, 2.05) is 24.0 Å². The van der Waals surface area contributed by atoms with Crippen molar-refractivity contribution >= 4 is 40.7 Å². The molecule has 3 rings (SSSR count). The molecule has 1 saturated heterocycles. The molecule has 0 aliphatic carbocycles. The van der Waals surface area contributed by atoms with E-state index in [0.29, 0.717) is 59.8 Å². The molecule has 1 N–H and O–H groups in total. The number of nitrogens with one attached hydrogen (secondary N) is 1. The molecule has 2 aromatic rings. The van der Waals surface area contributed by atoms with Gasteiger partial charge in [0, 0.05) is 31.2 Å². The summed E-state index contributed by atoms with van der Waals surface area (Å²) in [5.41, 5.74) is 1.10. The van der Waals surface area contributed by atoms with E-state index in [0.717, 1.165) is 0 Å². The molecule has 0 spiro atoms. The molecular formula is C21H23Cl2N3O3. The molecule has 6 nitrogen and oxygen atoms in total. The minimum absolute atomic E-state index is 0.0499. The maximum Gasteiger partial charge on any atom is 0.257 e. The normalized spacial score (nSPS) is 14.5. The lowest BCUT2D eigenvalue weighted by Gasteiger charge is -2.34. The lowest BCUT2D eigenvalue weighted by Crippen LogP contribution is -2.50. The molecule has 0 atom stereocenters. The number of hydrogen-bond donors (Lipinski definition) is 1. The number of piperazine rings is 1. The third-order valence-electron chi connectivity index (χ3n) is 4.65. The Morgan fingerprint density at radius 3 is 2.48 bits per heavy atom. The molecule has 1 heterocycles. The lowest BCUT2D eigenvalue weighted by molar-refractivity contribution is -0.117. The molecule has 1 aliphatic heterocycles. The minimum atomic E-state index is -0.157. The first kappa shape index (κ1) is 21.4. The van der Waals surface area contributed by atoms with Crippen molar-refractivity contribution in [2.45, 2.75) is 6.92 Å². The predicted molar refractivity (Wildman–Crippen MR) is 115 cm³/mol. The van der Waals surface area contributed by atoms with Crippen molar-refractivity contribution in [1.82, 2.24) is 9.80 Å². The summed E-state index contributed by atoms with van der Waals surface area (Å²) in [7, 11) is 0. The highest BCUT2D eigenvalue weighted by atomic mass is 35.5. The second-order valence-corrected chi connectivity index (χ2v) is 7.51. The monoisotopic (exact) mass is 435 g/mol. The van der Waals surface area contributed by atoms with Crippen LogP contribution in [0, 0.1) is 0 Å². The molecule has 2 aromatic carbocycles. The van der Waals surface area contributed by atoms with Crippen LogP contribution >= 0.6 is 23.2 Å². The van der Waals surface area contributed by atoms with Crippen LogP contribution in [0.2, 0.25) is 10.0 Å². The average Bonchev–Trinajstić information content (AvgIpc) is 2.71. The summed E-state index contributed by atoms with van der Waals surface area (Å²) in [6, 6.07) is 12.2. The summed E-state index contributed by atoms with van der Waals surface area (Å²) in [5, 5.41) is 3.71. The Morgan fingerprint density at radius 1 is 1.07 bits per heavy atom. The molecule has 29 heavy (non-hydrogen) atoms. The second-order valence-electron chi connectivity index (χ2n) is 6.67. The lowest BCUT2D eigenvalue weighted by atomic mass is 10.1. The van der Waals surface area contributed by atoms with Gasteiger partial charge in [-0.2, -0.15) is 0 Å². The summed E-state index contributed by atoms with van der Waals surface area (Å²) in [4.78, 5) is 29.0. The second kappa shape index (κ2) is 9.96. The fourth-order valence-corrected chi connectivity index (χ4v) is 3.64. The van der Waals surface area contributed by atoms with E-state index in [1.165, 1.54) is 0 Å². The molecule has 0 bridgehead atoms. The van der Waals surface area contributed by atoms with Gasteiger partial charge in [-0.1, -0.05) is 35.3 Å². The first-order chi connectivity index (χ1) is 14.0. The molecular weight excluding hydrogens is 413 g/mol. The van der Waals surface area contributed by atoms with E-state index in [4.69, 9.17) is 27.9 Å². The van der Waals surface area contributed by atoms with Gasteiger partial charge in [-0.15, -0.1) is 0 Å². The summed E-state index contributed by atoms with van der Waals surface area (Å²) in [6.07, 6.45) is 0. The zero-order valence-electron chi connectivity index (χ0n) is 16.2. The predicted octanol–water partition coefficient (Wildman–Crippen LogP) is 3.79. The highest BCUT2D eigenvalue weighted by molar-refractivity contribution is 6.36. The quantitative estimate of drug-likeness (QED) is 0.749. The van der Waals surface area contributed by atoms with Crippen LogP contribution in [-0.4, -0.2) is 60.9 Å². The molecule has 0 aromatic heterocycles. The van der Waals surface area contributed by atoms with E-state index in [1.54, 1.807) is 35.2 Å². The van der Waals surface area contributed by atoms with E-state index in [2.05, 4.69) is 5.32 Å². The van der Waals surface area contributed by atoms with Gasteiger partial charge < -0.3 is 15.0 Å². The molecule has 8 heteroatoms. The van der Waals surface area contributed by atoms with E-state index in [9.17, 15) is 9.59 Å². The highest BCUT2D eigenvalue weighted by Gasteiger charge is 2.25. The first-order valence-corrected chi connectivity index (χ1v) is 10.2. The van der Waals surface area contributed by atoms with Gasteiger partial charge in [0.1, 0.15) is 5.75 Å². The van der Waals surface area contributed by atoms with Gasteiger partial charge in [0.15, 0.2) is 0 Å². The number of halogens is 2. The van der Waals surface area contributed by atoms with Crippen LogP contribution in [0.1, 0.15) is 17.3 Å². The van der Waals surface area contributed by atoms with Crippen molar-refractivity contribution in [3.63, 3.8) is 0 Å². The van der Waals surface area contributed by atoms with Crippen LogP contribution in [0.15, 0.2) is 42.5 Å². The van der Waals surface area contributed by atoms with Gasteiger partial charge in [0.25, 0.3) is 5.91 Å². The van der Waals surface area contributed by atoms with E-state index in [-0.39, 0.29) is 18.4 Å². The van der Waals surface area contributed by atoms with E-state index >= 15 is 0 Å². The topological polar surface area (TPSA) is 61.9 Å². The molecule has 1 fully saturated rings. The maximum atomic E-state index is 12.9. The number of anilines is 1. The van der Waals surface area contributed by atoms with Gasteiger partial charge >= 0.3 is 0 Å². The fraction of sp³-hybridized carbons (Fsp3) is 0.333. The Hall–Kier alpha value is -2.28. The van der Waals surface area contributed by atoms with Gasteiger partial charge in [-0.05, 0) is 37.3 Å². The number of amides is 2. The molecule has 2 amide bonds. The summed E-state index contributed by atoms with van der Waals surface area (Å²) >= 11 is 12.0. The summed E-state index contributed by atoms with van der Waals surface area (Å²) in [6.45, 7) is 4.96. The van der Waals surface area contributed by atoms with Gasteiger partial charge in [0.2, 0.25) is 5.91 Å². The Morgan fingerprint density at radius 2 is 1.79 bits per heavy atom. The number of carbonyl (C=O) groups excluding carboxylic acids is 2. The fourth-order valence-electron chi connectivity index (χ4n) is 3.19. The van der Waals surface area contributed by atoms with Crippen molar-refractivity contribution in [2.24, 2.45) is 0 Å². The molecule has 1 aliphatic rings. The SMILES string of the molecule is CCOc1ccccc1C(=O)N1CCN(CC(=O)Nc2ccc(Cl)cc2Cl)CC1. The Labute approximate surface area is 180 Å². The molecule has 0 unspecified atom stereocenters. The zero-order chi connectivity index (χ0) is 20.8. The van der Waals surface area contributed by atoms with Crippen LogP contribution in [0.4, 0.5) is 5.69 Å². The number of carbonyl (C=O) groups is 2. The number of benzene rings is 2. The van der Waals surface area contributed by atoms with Gasteiger partial charge in [-0.3, -0.25) is 14.5 Å². The smallest absolute Gasteiger partial charge is 0.257 e. The number of nitrogens with zero attached hydrogens (tertiary/aromatic N) is 2. The minimum Gasteiger partial charge on any atom is -0.493 e. The largest absolute Gasteiger partial charge is 0.493 e. The number of ether oxygens (including phenoxy) is 1. The van der Waals surface area contributed by atoms with Crippen molar-refractivity contribution < 1.29 is 14.3 Å². The summed E-state index contributed by atoms with van der Waals surface area (Å²) in [5.74, 6) is 0.392. The van der Waals surface area contributed by atoms with Crippen molar-refractivity contribution in [1.29, 1.82) is 0 Å². The van der Waals surface area contributed by atoms with Crippen LogP contribution in [0.5, 0.6) is 5.75 Å². The van der Waals surface area contributed by atoms with Crippen LogP contribution in [-0.2, 0) is 4.79 Å². The molecule has 0 saturated carbocycles. The third-order valence-corrected chi connectivity index (χ3v) is 5.20. The van der Waals surface area contributed by atoms with Crippen LogP contribution in [0.3, 0.4) is 0 Å². The average molecular weight is 436 g/mol. The van der Waals surface area contributed by atoms with Crippen molar-refractivity contribution in [2.75, 3.05) is 44.6 Å². The summed E-state index contributed by atoms with van der Waals surface area (Å²) < 4.78 is 5.57. The van der Waals surface area contributed by atoms with Crippen LogP contribution in [0.25, 0.3) is 0 Å². The maximum absolute atomic E-state index is 12.9. The Kier molecular flexibility index (Phi) is 7.36. The van der Waals surface area contributed by atoms with Crippen molar-refractivity contribution in [3.8, 4) is 5.75 Å². The molecule has 154 valence electrons. The highest BCUT2D eigenvalue weighted by Crippen LogP contribution is 2.25. The zero-order valence-corrected chi connectivity index (χ0v) is 17.7. The van der Waals surface area contributed by atoms with Crippen LogP contribution < -0.4 is 10.1 Å². The first-order valence-electron chi connectivity index (χ1n) is 9.46. The molecule has 0 radical (unpaired) electrons.